The number of nitrogens with zero attached hydrogens (tertiary/aromatic N) is 3. The quantitative estimate of drug-likeness (QED) is 0.590. The molecule has 0 unspecified atom stereocenters. The molecule has 3 rings (SSSR count). The van der Waals surface area contributed by atoms with Crippen LogP contribution in [0.2, 0.25) is 0 Å². The number of amides is 1. The summed E-state index contributed by atoms with van der Waals surface area (Å²) >= 11 is 3.40. The zero-order valence-electron chi connectivity index (χ0n) is 12.6. The molecule has 1 atom stereocenters. The molecule has 124 valence electrons. The highest BCUT2D eigenvalue weighted by atomic mass is 79.9. The van der Waals surface area contributed by atoms with Crippen LogP contribution in [0, 0.1) is 10.1 Å². The first kappa shape index (κ1) is 16.2. The first-order valence-electron chi connectivity index (χ1n) is 7.65. The largest absolute Gasteiger partial charge is 0.368 e. The average Bonchev–Trinajstić information content (AvgIpc) is 3.08. The Hall–Kier alpha value is -1.67. The highest BCUT2D eigenvalue weighted by Crippen LogP contribution is 2.31. The van der Waals surface area contributed by atoms with E-state index in [2.05, 4.69) is 20.8 Å². The van der Waals surface area contributed by atoms with Gasteiger partial charge in [0.1, 0.15) is 6.10 Å². The van der Waals surface area contributed by atoms with E-state index >= 15 is 0 Å². The second kappa shape index (κ2) is 6.84. The van der Waals surface area contributed by atoms with Crippen molar-refractivity contribution in [3.8, 4) is 0 Å². The molecule has 0 saturated carbocycles. The summed E-state index contributed by atoms with van der Waals surface area (Å²) in [4.78, 5) is 26.7. The number of carbonyl (C=O) groups excluding carboxylic acids is 1. The molecule has 2 heterocycles. The normalized spacial score (nSPS) is 21.5. The van der Waals surface area contributed by atoms with Crippen LogP contribution in [0.15, 0.2) is 22.7 Å². The third-order valence-electron chi connectivity index (χ3n) is 4.28. The first-order valence-corrected chi connectivity index (χ1v) is 8.45. The molecule has 2 aliphatic heterocycles. The van der Waals surface area contributed by atoms with Crippen LogP contribution in [0.5, 0.6) is 0 Å². The number of hydrogen-bond acceptors (Lipinski definition) is 5. The zero-order chi connectivity index (χ0) is 16.4. The fraction of sp³-hybridized carbons (Fsp3) is 0.533. The van der Waals surface area contributed by atoms with Crippen LogP contribution in [0.25, 0.3) is 0 Å². The van der Waals surface area contributed by atoms with Gasteiger partial charge in [0.2, 0.25) is 0 Å². The van der Waals surface area contributed by atoms with E-state index in [4.69, 9.17) is 4.74 Å². The molecular formula is C15H18BrN3O4. The average molecular weight is 384 g/mol. The van der Waals surface area contributed by atoms with Crippen LogP contribution in [0.3, 0.4) is 0 Å². The molecule has 1 aromatic rings. The summed E-state index contributed by atoms with van der Waals surface area (Å²) in [5.74, 6) is 0.0879. The van der Waals surface area contributed by atoms with Gasteiger partial charge in [-0.2, -0.15) is 0 Å². The van der Waals surface area contributed by atoms with Gasteiger partial charge < -0.3 is 14.5 Å². The smallest absolute Gasteiger partial charge is 0.270 e. The van der Waals surface area contributed by atoms with Crippen molar-refractivity contribution in [1.82, 2.24) is 4.90 Å². The second-order valence-electron chi connectivity index (χ2n) is 5.71. The van der Waals surface area contributed by atoms with Crippen molar-refractivity contribution in [3.05, 3.63) is 32.8 Å². The van der Waals surface area contributed by atoms with Crippen molar-refractivity contribution in [1.29, 1.82) is 0 Å². The van der Waals surface area contributed by atoms with Gasteiger partial charge in [-0.1, -0.05) is 0 Å². The van der Waals surface area contributed by atoms with Crippen molar-refractivity contribution in [2.45, 2.75) is 18.9 Å². The molecule has 23 heavy (non-hydrogen) atoms. The van der Waals surface area contributed by atoms with Gasteiger partial charge in [-0.05, 0) is 34.8 Å². The lowest BCUT2D eigenvalue weighted by atomic mass is 10.2. The summed E-state index contributed by atoms with van der Waals surface area (Å²) in [5.41, 5.74) is 0.979. The minimum Gasteiger partial charge on any atom is -0.368 e. The summed E-state index contributed by atoms with van der Waals surface area (Å²) in [5, 5.41) is 10.8. The van der Waals surface area contributed by atoms with Gasteiger partial charge in [0, 0.05) is 49.4 Å². The van der Waals surface area contributed by atoms with Gasteiger partial charge >= 0.3 is 0 Å². The number of hydrogen-bond donors (Lipinski definition) is 0. The minimum absolute atomic E-state index is 0.0628. The van der Waals surface area contributed by atoms with Crippen LogP contribution in [0.4, 0.5) is 11.4 Å². The maximum atomic E-state index is 12.3. The predicted octanol–water partition coefficient (Wildman–Crippen LogP) is 2.18. The summed E-state index contributed by atoms with van der Waals surface area (Å²) in [7, 11) is 0. The molecule has 0 N–H and O–H groups in total. The van der Waals surface area contributed by atoms with E-state index in [1.165, 1.54) is 12.1 Å². The summed E-state index contributed by atoms with van der Waals surface area (Å²) in [6, 6.07) is 4.77. The Labute approximate surface area is 142 Å². The number of anilines is 1. The number of ether oxygens (including phenoxy) is 1. The molecule has 1 amide bonds. The van der Waals surface area contributed by atoms with Gasteiger partial charge in [0.25, 0.3) is 11.6 Å². The fourth-order valence-electron chi connectivity index (χ4n) is 3.01. The summed E-state index contributed by atoms with van der Waals surface area (Å²) < 4.78 is 6.16. The lowest BCUT2D eigenvalue weighted by Crippen LogP contribution is -2.51. The molecule has 0 aromatic heterocycles. The van der Waals surface area contributed by atoms with Gasteiger partial charge in [-0.25, -0.2) is 0 Å². The third-order valence-corrected chi connectivity index (χ3v) is 4.91. The number of piperazine rings is 1. The van der Waals surface area contributed by atoms with Gasteiger partial charge in [-0.15, -0.1) is 0 Å². The number of carbonyl (C=O) groups is 1. The Bertz CT molecular complexity index is 611. The maximum absolute atomic E-state index is 12.3. The van der Waals surface area contributed by atoms with E-state index in [0.29, 0.717) is 37.3 Å². The lowest BCUT2D eigenvalue weighted by molar-refractivity contribution is -0.384. The number of benzene rings is 1. The summed E-state index contributed by atoms with van der Waals surface area (Å²) in [6.45, 7) is 3.36. The highest BCUT2D eigenvalue weighted by Gasteiger charge is 2.30. The van der Waals surface area contributed by atoms with E-state index < -0.39 is 4.92 Å². The van der Waals surface area contributed by atoms with Crippen LogP contribution in [-0.4, -0.2) is 54.6 Å². The monoisotopic (exact) mass is 383 g/mol. The molecule has 1 aromatic carbocycles. The Kier molecular flexibility index (Phi) is 4.82. The predicted molar refractivity (Wildman–Crippen MR) is 88.6 cm³/mol. The molecule has 2 saturated heterocycles. The molecule has 0 aliphatic carbocycles. The van der Waals surface area contributed by atoms with Crippen molar-refractivity contribution in [3.63, 3.8) is 0 Å². The fourth-order valence-corrected chi connectivity index (χ4v) is 3.63. The number of halogens is 1. The van der Waals surface area contributed by atoms with Crippen molar-refractivity contribution in [2.24, 2.45) is 0 Å². The lowest BCUT2D eigenvalue weighted by Gasteiger charge is -2.37. The molecule has 2 aliphatic rings. The SMILES string of the molecule is O=C([C@@H]1CCCO1)N1CCN(c2ccc([N+](=O)[O-])cc2Br)CC1. The van der Waals surface area contributed by atoms with E-state index in [-0.39, 0.29) is 17.7 Å². The summed E-state index contributed by atoms with van der Waals surface area (Å²) in [6.07, 6.45) is 1.49. The molecule has 0 spiro atoms. The maximum Gasteiger partial charge on any atom is 0.270 e. The standard InChI is InChI=1S/C15H18BrN3O4/c16-12-10-11(19(21)22)3-4-13(12)17-5-7-18(8-6-17)15(20)14-2-1-9-23-14/h3-4,10,14H,1-2,5-9H2/t14-/m0/s1. The van der Waals surface area contributed by atoms with Crippen LogP contribution >= 0.6 is 15.9 Å². The first-order chi connectivity index (χ1) is 11.1. The van der Waals surface area contributed by atoms with E-state index in [9.17, 15) is 14.9 Å². The van der Waals surface area contributed by atoms with E-state index in [1.54, 1.807) is 6.07 Å². The Balaban J connectivity index is 1.62. The minimum atomic E-state index is -0.410. The van der Waals surface area contributed by atoms with E-state index in [1.807, 2.05) is 4.90 Å². The molecule has 0 bridgehead atoms. The van der Waals surface area contributed by atoms with Crippen LogP contribution in [0.1, 0.15) is 12.8 Å². The number of nitro groups is 1. The second-order valence-corrected chi connectivity index (χ2v) is 6.56. The van der Waals surface area contributed by atoms with Gasteiger partial charge in [0.15, 0.2) is 0 Å². The molecule has 7 nitrogen and oxygen atoms in total. The number of nitro benzene ring substituents is 1. The third kappa shape index (κ3) is 3.48. The molecular weight excluding hydrogens is 366 g/mol. The number of rotatable bonds is 3. The van der Waals surface area contributed by atoms with E-state index in [0.717, 1.165) is 18.5 Å². The Morgan fingerprint density at radius 3 is 2.61 bits per heavy atom. The molecule has 0 radical (unpaired) electrons. The van der Waals surface area contributed by atoms with Gasteiger partial charge in [0.05, 0.1) is 10.6 Å². The van der Waals surface area contributed by atoms with Gasteiger partial charge in [-0.3, -0.25) is 14.9 Å². The van der Waals surface area contributed by atoms with Crippen molar-refractivity contribution < 1.29 is 14.5 Å². The van der Waals surface area contributed by atoms with Crippen molar-refractivity contribution in [2.75, 3.05) is 37.7 Å². The topological polar surface area (TPSA) is 75.9 Å². The molecule has 8 heteroatoms. The van der Waals surface area contributed by atoms with Crippen LogP contribution in [-0.2, 0) is 9.53 Å². The highest BCUT2D eigenvalue weighted by molar-refractivity contribution is 9.10. The van der Waals surface area contributed by atoms with Crippen molar-refractivity contribution >= 4 is 33.2 Å². The van der Waals surface area contributed by atoms with Crippen LogP contribution < -0.4 is 4.90 Å². The molecule has 2 fully saturated rings. The Morgan fingerprint density at radius 1 is 1.30 bits per heavy atom. The number of non-ortho nitro benzene ring substituents is 1. The Morgan fingerprint density at radius 2 is 2.04 bits per heavy atom. The zero-order valence-corrected chi connectivity index (χ0v) is 14.2.